The van der Waals surface area contributed by atoms with Crippen LogP contribution in [0, 0.1) is 0 Å². The highest BCUT2D eigenvalue weighted by Crippen LogP contribution is 2.43. The van der Waals surface area contributed by atoms with Crippen LogP contribution in [0.4, 0.5) is 0 Å². The summed E-state index contributed by atoms with van der Waals surface area (Å²) in [5, 5.41) is 0. The third kappa shape index (κ3) is 72.1. The van der Waals surface area contributed by atoms with Crippen molar-refractivity contribution in [1.29, 1.82) is 0 Å². The lowest BCUT2D eigenvalue weighted by molar-refractivity contribution is -0.870. The number of hydrogen-bond donors (Lipinski definition) is 1. The molecule has 0 aromatic carbocycles. The largest absolute Gasteiger partial charge is 0.472 e. The molecular weight excluding hydrogens is 1100 g/mol. The Bertz CT molecular complexity index is 1740. The molecule has 0 aromatic rings. The Hall–Kier alpha value is -2.81. The molecule has 2 unspecified atom stereocenters. The fourth-order valence-corrected chi connectivity index (χ4v) is 11.3. The van der Waals surface area contributed by atoms with E-state index in [1.54, 1.807) is 0 Å². The zero-order chi connectivity index (χ0) is 63.4. The van der Waals surface area contributed by atoms with Crippen LogP contribution >= 0.6 is 7.82 Å². The molecule has 506 valence electrons. The van der Waals surface area contributed by atoms with Crippen LogP contribution in [0.25, 0.3) is 0 Å². The first-order chi connectivity index (χ1) is 42.5. The molecule has 0 fully saturated rings. The summed E-state index contributed by atoms with van der Waals surface area (Å²) >= 11 is 0. The third-order valence-corrected chi connectivity index (χ3v) is 17.2. The maximum atomic E-state index is 12.9. The van der Waals surface area contributed by atoms with Crippen molar-refractivity contribution in [1.82, 2.24) is 0 Å². The molecule has 0 heterocycles. The summed E-state index contributed by atoms with van der Waals surface area (Å²) in [6.45, 7) is 4.32. The quantitative estimate of drug-likeness (QED) is 0.0211. The lowest BCUT2D eigenvalue weighted by Gasteiger charge is -2.24. The monoisotopic (exact) mass is 1240 g/mol. The van der Waals surface area contributed by atoms with Crippen molar-refractivity contribution in [2.45, 2.75) is 347 Å². The minimum Gasteiger partial charge on any atom is -0.462 e. The van der Waals surface area contributed by atoms with Crippen LogP contribution in [-0.2, 0) is 32.7 Å². The van der Waals surface area contributed by atoms with E-state index in [-0.39, 0.29) is 32.0 Å². The van der Waals surface area contributed by atoms with Crippen molar-refractivity contribution in [2.24, 2.45) is 0 Å². The second-order valence-electron chi connectivity index (χ2n) is 26.0. The first kappa shape index (κ1) is 84.2. The van der Waals surface area contributed by atoms with Crippen LogP contribution in [0.3, 0.4) is 0 Å². The Labute approximate surface area is 539 Å². The molecule has 0 amide bonds. The van der Waals surface area contributed by atoms with E-state index < -0.39 is 26.5 Å². The lowest BCUT2D eigenvalue weighted by Crippen LogP contribution is -2.37. The normalized spacial score (nSPS) is 13.6. The third-order valence-electron chi connectivity index (χ3n) is 16.2. The SMILES string of the molecule is CC/C=C\C/C=C\C/C=C\C/C=C\C/C=C\C/C=C\C/C=C\CCCCCC(=O)OC(COC(=O)CCCCCCCCCCCCCCCCCCCCCCCCCCCCCCCCCCCCCCCC)COP(=O)(O)OCC[N+](C)(C)C. The Morgan fingerprint density at radius 2 is 0.655 bits per heavy atom. The van der Waals surface area contributed by atoms with Crippen LogP contribution in [0.5, 0.6) is 0 Å². The number of carbonyl (C=O) groups excluding carboxylic acids is 2. The number of ether oxygens (including phenoxy) is 2. The van der Waals surface area contributed by atoms with Gasteiger partial charge >= 0.3 is 19.8 Å². The van der Waals surface area contributed by atoms with E-state index in [4.69, 9.17) is 18.5 Å². The molecule has 0 spiro atoms. The number of allylic oxidation sites excluding steroid dienone is 14. The van der Waals surface area contributed by atoms with Gasteiger partial charge in [0.05, 0.1) is 27.7 Å². The van der Waals surface area contributed by atoms with Gasteiger partial charge in [-0.05, 0) is 70.6 Å². The van der Waals surface area contributed by atoms with Crippen molar-refractivity contribution in [3.05, 3.63) is 85.1 Å². The average Bonchev–Trinajstić information content (AvgIpc) is 3.49. The van der Waals surface area contributed by atoms with Gasteiger partial charge in [-0.1, -0.05) is 343 Å². The molecule has 0 saturated carbocycles. The molecule has 1 N–H and O–H groups in total. The van der Waals surface area contributed by atoms with E-state index in [1.807, 2.05) is 21.1 Å². The number of likely N-dealkylation sites (N-methyl/N-ethyl adjacent to an activating group) is 1. The molecule has 0 saturated heterocycles. The topological polar surface area (TPSA) is 108 Å². The van der Waals surface area contributed by atoms with Gasteiger partial charge in [0, 0.05) is 12.8 Å². The number of unbranched alkanes of at least 4 members (excludes halogenated alkanes) is 40. The summed E-state index contributed by atoms with van der Waals surface area (Å²) in [7, 11) is 1.45. The minimum atomic E-state index is -4.41. The number of phosphoric ester groups is 1. The number of hydrogen-bond acceptors (Lipinski definition) is 7. The van der Waals surface area contributed by atoms with E-state index in [0.29, 0.717) is 17.4 Å². The van der Waals surface area contributed by atoms with Gasteiger partial charge in [0.1, 0.15) is 19.8 Å². The van der Waals surface area contributed by atoms with Crippen molar-refractivity contribution in [3.8, 4) is 0 Å². The second-order valence-corrected chi connectivity index (χ2v) is 27.4. The van der Waals surface area contributed by atoms with Crippen LogP contribution < -0.4 is 0 Å². The van der Waals surface area contributed by atoms with E-state index >= 15 is 0 Å². The van der Waals surface area contributed by atoms with E-state index in [1.165, 1.54) is 225 Å². The predicted octanol–water partition coefficient (Wildman–Crippen LogP) is 24.1. The first-order valence-electron chi connectivity index (χ1n) is 36.8. The summed E-state index contributed by atoms with van der Waals surface area (Å²) in [4.78, 5) is 35.9. The molecule has 2 atom stereocenters. The molecule has 10 heteroatoms. The van der Waals surface area contributed by atoms with Gasteiger partial charge < -0.3 is 18.9 Å². The standard InChI is InChI=1S/C77H140NO8P/c1-6-8-10-12-14-16-18-20-22-24-26-28-30-32-33-34-35-36-37-38-39-40-41-42-43-44-46-47-49-51-53-55-57-59-61-63-65-67-69-76(79)83-73-75(74-85-87(81,82)84-72-71-78(3,4)5)86-77(80)70-68-66-64-62-60-58-56-54-52-50-48-45-31-29-27-25-23-21-19-17-15-13-11-9-7-2/h9,11,15,17,21,23,27,29,45,48,52,54,58,60,75H,6-8,10,12-14,16,18-20,22,24-26,28,30-44,46-47,49-51,53,55-57,59,61-74H2,1-5H3/p+1/b11-9-,17-15-,23-21-,29-27-,48-45-,54-52-,60-58-. The summed E-state index contributed by atoms with van der Waals surface area (Å²) in [5.41, 5.74) is 0. The Kier molecular flexibility index (Phi) is 65.4. The van der Waals surface area contributed by atoms with Crippen molar-refractivity contribution in [3.63, 3.8) is 0 Å². The number of phosphoric acid groups is 1. The molecule has 0 bridgehead atoms. The molecule has 87 heavy (non-hydrogen) atoms. The summed E-state index contributed by atoms with van der Waals surface area (Å²) < 4.78 is 34.7. The number of carbonyl (C=O) groups is 2. The maximum absolute atomic E-state index is 12.9. The highest BCUT2D eigenvalue weighted by molar-refractivity contribution is 7.47. The first-order valence-corrected chi connectivity index (χ1v) is 38.3. The maximum Gasteiger partial charge on any atom is 0.472 e. The van der Waals surface area contributed by atoms with Gasteiger partial charge in [0.2, 0.25) is 0 Å². The average molecular weight is 1240 g/mol. The van der Waals surface area contributed by atoms with Gasteiger partial charge in [-0.2, -0.15) is 0 Å². The number of nitrogens with zero attached hydrogens (tertiary/aromatic N) is 1. The van der Waals surface area contributed by atoms with Crippen molar-refractivity contribution >= 4 is 19.8 Å². The highest BCUT2D eigenvalue weighted by atomic mass is 31.2. The second kappa shape index (κ2) is 67.6. The molecule has 0 aliphatic carbocycles. The lowest BCUT2D eigenvalue weighted by atomic mass is 10.0. The molecule has 0 aliphatic rings. The number of rotatable bonds is 68. The number of quaternary nitrogens is 1. The van der Waals surface area contributed by atoms with Crippen molar-refractivity contribution in [2.75, 3.05) is 47.5 Å². The van der Waals surface area contributed by atoms with E-state index in [9.17, 15) is 19.0 Å². The molecule has 0 radical (unpaired) electrons. The van der Waals surface area contributed by atoms with Crippen LogP contribution in [0.1, 0.15) is 341 Å². The van der Waals surface area contributed by atoms with Gasteiger partial charge in [-0.25, -0.2) is 4.57 Å². The number of esters is 2. The van der Waals surface area contributed by atoms with Crippen molar-refractivity contribution < 1.29 is 42.1 Å². The summed E-state index contributed by atoms with van der Waals surface area (Å²) in [5.74, 6) is -0.828. The summed E-state index contributed by atoms with van der Waals surface area (Å²) in [6.07, 6.45) is 93.0. The molecular formula is C77H141NO8P+. The van der Waals surface area contributed by atoms with Gasteiger partial charge in [0.25, 0.3) is 0 Å². The molecule has 9 nitrogen and oxygen atoms in total. The fourth-order valence-electron chi connectivity index (χ4n) is 10.6. The van der Waals surface area contributed by atoms with Gasteiger partial charge in [0.15, 0.2) is 6.10 Å². The molecule has 0 rings (SSSR count). The van der Waals surface area contributed by atoms with Gasteiger partial charge in [-0.15, -0.1) is 0 Å². The Morgan fingerprint density at radius 1 is 0.368 bits per heavy atom. The highest BCUT2D eigenvalue weighted by Gasteiger charge is 2.27. The fraction of sp³-hybridized carbons (Fsp3) is 0.792. The van der Waals surface area contributed by atoms with Crippen LogP contribution in [0.2, 0.25) is 0 Å². The zero-order valence-electron chi connectivity index (χ0n) is 57.8. The Balaban J connectivity index is 3.98. The smallest absolute Gasteiger partial charge is 0.462 e. The molecule has 0 aromatic heterocycles. The predicted molar refractivity (Wildman–Crippen MR) is 376 cm³/mol. The minimum absolute atomic E-state index is 0.0220. The zero-order valence-corrected chi connectivity index (χ0v) is 58.6. The van der Waals surface area contributed by atoms with Gasteiger partial charge in [-0.3, -0.25) is 18.6 Å². The van der Waals surface area contributed by atoms with Crippen LogP contribution in [-0.4, -0.2) is 74.9 Å². The Morgan fingerprint density at radius 3 is 0.977 bits per heavy atom. The van der Waals surface area contributed by atoms with Crippen LogP contribution in [0.15, 0.2) is 85.1 Å². The molecule has 0 aliphatic heterocycles. The summed E-state index contributed by atoms with van der Waals surface area (Å²) in [6, 6.07) is 0. The van der Waals surface area contributed by atoms with E-state index in [0.717, 1.165) is 83.5 Å². The van der Waals surface area contributed by atoms with E-state index in [2.05, 4.69) is 98.9 Å².